The van der Waals surface area contributed by atoms with E-state index in [2.05, 4.69) is 39.8 Å². The number of benzene rings is 2. The first-order chi connectivity index (χ1) is 10.6. The molecule has 5 heteroatoms. The van der Waals surface area contributed by atoms with Crippen LogP contribution in [0, 0.1) is 0 Å². The van der Waals surface area contributed by atoms with E-state index >= 15 is 0 Å². The lowest BCUT2D eigenvalue weighted by molar-refractivity contribution is 0.997. The Labute approximate surface area is 134 Å². The van der Waals surface area contributed by atoms with Gasteiger partial charge in [0.15, 0.2) is 0 Å². The molecule has 0 fully saturated rings. The molecule has 3 rings (SSSR count). The minimum absolute atomic E-state index is 0.294. The number of nitrogens with zero attached hydrogens (tertiary/aromatic N) is 2. The number of halogens is 1. The number of hydrogen-bond acceptors (Lipinski definition) is 2. The molecule has 0 spiro atoms. The van der Waals surface area contributed by atoms with Crippen molar-refractivity contribution in [3.63, 3.8) is 0 Å². The third-order valence-electron chi connectivity index (χ3n) is 3.84. The molecule has 4 nitrogen and oxygen atoms in total. The maximum atomic E-state index is 6.08. The first-order valence-corrected chi connectivity index (χ1v) is 7.41. The fourth-order valence-electron chi connectivity index (χ4n) is 2.66. The lowest BCUT2D eigenvalue weighted by atomic mass is 10.0. The summed E-state index contributed by atoms with van der Waals surface area (Å²) in [5.41, 5.74) is 15.3. The molecule has 0 amide bonds. The van der Waals surface area contributed by atoms with Crippen molar-refractivity contribution in [2.45, 2.75) is 13.3 Å². The van der Waals surface area contributed by atoms with E-state index in [9.17, 15) is 0 Å². The van der Waals surface area contributed by atoms with Crippen LogP contribution < -0.4 is 11.2 Å². The molecule has 22 heavy (non-hydrogen) atoms. The van der Waals surface area contributed by atoms with Crippen molar-refractivity contribution in [1.29, 1.82) is 0 Å². The van der Waals surface area contributed by atoms with Gasteiger partial charge in [-0.1, -0.05) is 29.8 Å². The van der Waals surface area contributed by atoms with Gasteiger partial charge >= 0.3 is 0 Å². The van der Waals surface area contributed by atoms with Crippen molar-refractivity contribution in [2.75, 3.05) is 7.05 Å². The minimum Gasteiger partial charge on any atom is -0.369 e. The molecule has 0 bridgehead atoms. The molecular formula is C17H17ClN4. The molecule has 0 heterocycles. The fourth-order valence-corrected chi connectivity index (χ4v) is 2.85. The summed E-state index contributed by atoms with van der Waals surface area (Å²) in [5.74, 6) is 0.294. The fraction of sp³-hybridized carbons (Fsp3) is 0.176. The first-order valence-electron chi connectivity index (χ1n) is 7.03. The summed E-state index contributed by atoms with van der Waals surface area (Å²) >= 11 is 6.08. The maximum absolute atomic E-state index is 6.08. The van der Waals surface area contributed by atoms with E-state index in [-0.39, 0.29) is 0 Å². The summed E-state index contributed by atoms with van der Waals surface area (Å²) in [7, 11) is 1.62. The van der Waals surface area contributed by atoms with Gasteiger partial charge in [-0.3, -0.25) is 4.99 Å². The summed E-state index contributed by atoms with van der Waals surface area (Å²) in [6, 6.07) is 12.4. The van der Waals surface area contributed by atoms with E-state index in [0.717, 1.165) is 22.7 Å². The van der Waals surface area contributed by atoms with E-state index in [1.807, 2.05) is 19.1 Å². The van der Waals surface area contributed by atoms with Gasteiger partial charge in [0.2, 0.25) is 5.96 Å². The van der Waals surface area contributed by atoms with Gasteiger partial charge in [0, 0.05) is 12.1 Å². The van der Waals surface area contributed by atoms with Crippen LogP contribution in [0.2, 0.25) is 5.02 Å². The van der Waals surface area contributed by atoms with Gasteiger partial charge in [-0.2, -0.15) is 5.10 Å². The third kappa shape index (κ3) is 2.70. The number of rotatable bonds is 2. The SMILES string of the molecule is CN=C(N)NN=C(C)c1ccc2c(c1)Cc1cc(Cl)ccc1-2. The zero-order valence-corrected chi connectivity index (χ0v) is 13.3. The number of aliphatic imine (C=N–C) groups is 1. The van der Waals surface area contributed by atoms with Gasteiger partial charge in [0.1, 0.15) is 0 Å². The molecule has 3 N–H and O–H groups in total. The summed E-state index contributed by atoms with van der Waals surface area (Å²) < 4.78 is 0. The van der Waals surface area contributed by atoms with Gasteiger partial charge in [-0.15, -0.1) is 0 Å². The van der Waals surface area contributed by atoms with Crippen LogP contribution in [-0.2, 0) is 6.42 Å². The van der Waals surface area contributed by atoms with Crippen LogP contribution in [0.4, 0.5) is 0 Å². The molecule has 2 aromatic carbocycles. The van der Waals surface area contributed by atoms with Crippen LogP contribution in [0.3, 0.4) is 0 Å². The lowest BCUT2D eigenvalue weighted by Gasteiger charge is -2.06. The molecule has 1 aliphatic carbocycles. The average molecular weight is 313 g/mol. The highest BCUT2D eigenvalue weighted by atomic mass is 35.5. The Morgan fingerprint density at radius 1 is 1.14 bits per heavy atom. The van der Waals surface area contributed by atoms with Crippen molar-refractivity contribution in [3.05, 3.63) is 58.1 Å². The van der Waals surface area contributed by atoms with Crippen molar-refractivity contribution in [1.82, 2.24) is 5.43 Å². The van der Waals surface area contributed by atoms with Gasteiger partial charge in [-0.05, 0) is 59.4 Å². The van der Waals surface area contributed by atoms with Crippen LogP contribution in [-0.4, -0.2) is 18.7 Å². The monoisotopic (exact) mass is 312 g/mol. The van der Waals surface area contributed by atoms with E-state index < -0.39 is 0 Å². The Bertz CT molecular complexity index is 793. The quantitative estimate of drug-likeness (QED) is 0.434. The number of fused-ring (bicyclic) bond motifs is 3. The summed E-state index contributed by atoms with van der Waals surface area (Å²) in [6.45, 7) is 1.94. The van der Waals surface area contributed by atoms with Crippen molar-refractivity contribution < 1.29 is 0 Å². The van der Waals surface area contributed by atoms with E-state index in [1.54, 1.807) is 7.05 Å². The highest BCUT2D eigenvalue weighted by Crippen LogP contribution is 2.38. The predicted molar refractivity (Wildman–Crippen MR) is 92.6 cm³/mol. The third-order valence-corrected chi connectivity index (χ3v) is 4.08. The van der Waals surface area contributed by atoms with E-state index in [0.29, 0.717) is 5.96 Å². The summed E-state index contributed by atoms with van der Waals surface area (Å²) in [5, 5.41) is 5.02. The molecule has 0 saturated heterocycles. The summed E-state index contributed by atoms with van der Waals surface area (Å²) in [4.78, 5) is 3.81. The standard InChI is InChI=1S/C17H17ClN4/c1-10(21-22-17(19)20-2)11-3-5-15-12(7-11)8-13-9-14(18)4-6-16(13)15/h3-7,9H,8H2,1-2H3,(H3,19,20,22). The normalized spacial score (nSPS) is 13.8. The Hall–Kier alpha value is -2.33. The molecule has 112 valence electrons. The zero-order valence-electron chi connectivity index (χ0n) is 12.5. The first kappa shape index (κ1) is 14.6. The van der Waals surface area contributed by atoms with Crippen LogP contribution >= 0.6 is 11.6 Å². The maximum Gasteiger partial charge on any atom is 0.209 e. The van der Waals surface area contributed by atoms with Crippen molar-refractivity contribution in [3.8, 4) is 11.1 Å². The highest BCUT2D eigenvalue weighted by Gasteiger charge is 2.19. The molecule has 0 unspecified atom stereocenters. The highest BCUT2D eigenvalue weighted by molar-refractivity contribution is 6.30. The molecule has 0 atom stereocenters. The van der Waals surface area contributed by atoms with Crippen LogP contribution in [0.5, 0.6) is 0 Å². The molecule has 2 aromatic rings. The Balaban J connectivity index is 1.91. The topological polar surface area (TPSA) is 62.8 Å². The molecule has 0 aromatic heterocycles. The second-order valence-corrected chi connectivity index (χ2v) is 5.70. The largest absolute Gasteiger partial charge is 0.369 e. The van der Waals surface area contributed by atoms with Crippen LogP contribution in [0.1, 0.15) is 23.6 Å². The number of nitrogens with two attached hydrogens (primary N) is 1. The van der Waals surface area contributed by atoms with Crippen molar-refractivity contribution >= 4 is 23.3 Å². The zero-order chi connectivity index (χ0) is 15.7. The Morgan fingerprint density at radius 3 is 2.55 bits per heavy atom. The van der Waals surface area contributed by atoms with Gasteiger partial charge in [0.05, 0.1) is 5.71 Å². The molecular weight excluding hydrogens is 296 g/mol. The number of guanidine groups is 1. The number of hydrogen-bond donors (Lipinski definition) is 2. The van der Waals surface area contributed by atoms with Crippen LogP contribution in [0.25, 0.3) is 11.1 Å². The van der Waals surface area contributed by atoms with E-state index in [4.69, 9.17) is 17.3 Å². The Morgan fingerprint density at radius 2 is 1.82 bits per heavy atom. The molecule has 0 aliphatic heterocycles. The van der Waals surface area contributed by atoms with Crippen LogP contribution in [0.15, 0.2) is 46.5 Å². The average Bonchev–Trinajstić information content (AvgIpc) is 2.88. The number of nitrogens with one attached hydrogen (secondary N) is 1. The minimum atomic E-state index is 0.294. The molecule has 1 aliphatic rings. The predicted octanol–water partition coefficient (Wildman–Crippen LogP) is 3.17. The van der Waals surface area contributed by atoms with Crippen molar-refractivity contribution in [2.24, 2.45) is 15.8 Å². The molecule has 0 saturated carbocycles. The van der Waals surface area contributed by atoms with Gasteiger partial charge in [-0.25, -0.2) is 5.43 Å². The number of hydrazone groups is 1. The van der Waals surface area contributed by atoms with Gasteiger partial charge < -0.3 is 5.73 Å². The lowest BCUT2D eigenvalue weighted by Crippen LogP contribution is -2.27. The smallest absolute Gasteiger partial charge is 0.209 e. The van der Waals surface area contributed by atoms with E-state index in [1.165, 1.54) is 22.3 Å². The Kier molecular flexibility index (Phi) is 3.86. The second kappa shape index (κ2) is 5.81. The second-order valence-electron chi connectivity index (χ2n) is 5.27. The molecule has 0 radical (unpaired) electrons. The summed E-state index contributed by atoms with van der Waals surface area (Å²) in [6.07, 6.45) is 0.901. The van der Waals surface area contributed by atoms with Gasteiger partial charge in [0.25, 0.3) is 0 Å².